The fourth-order valence-corrected chi connectivity index (χ4v) is 1.69. The second-order valence-corrected chi connectivity index (χ2v) is 3.75. The summed E-state index contributed by atoms with van der Waals surface area (Å²) in [7, 11) is 1.33. The molecular weight excluding hydrogens is 246 g/mol. The first-order valence-electron chi connectivity index (χ1n) is 5.20. The molecule has 4 atom stereocenters. The molecule has 3 N–H and O–H groups in total. The standard InChI is InChI=1S/C9H13N3O6/c1-17-5-2-10-12(9(16)11-5)8-7(15)6(14)4(3-13)18-8/h2,4,6-8,13-15H,3H2,1H3/t4-,6+,7?,8-/m1/s1. The number of ether oxygens (including phenoxy) is 2. The highest BCUT2D eigenvalue weighted by Gasteiger charge is 2.44. The molecule has 0 saturated carbocycles. The lowest BCUT2D eigenvalue weighted by Gasteiger charge is -2.15. The van der Waals surface area contributed by atoms with Crippen LogP contribution < -0.4 is 10.4 Å². The molecule has 0 amide bonds. The quantitative estimate of drug-likeness (QED) is 0.533. The zero-order chi connectivity index (χ0) is 13.3. The Morgan fingerprint density at radius 1 is 1.50 bits per heavy atom. The molecule has 9 nitrogen and oxygen atoms in total. The van der Waals surface area contributed by atoms with E-state index in [1.54, 1.807) is 0 Å². The number of aliphatic hydroxyl groups excluding tert-OH is 3. The third kappa shape index (κ3) is 2.08. The zero-order valence-electron chi connectivity index (χ0n) is 9.50. The average molecular weight is 259 g/mol. The van der Waals surface area contributed by atoms with E-state index in [9.17, 15) is 15.0 Å². The first kappa shape index (κ1) is 12.9. The monoisotopic (exact) mass is 259 g/mol. The lowest BCUT2D eigenvalue weighted by atomic mass is 10.1. The highest BCUT2D eigenvalue weighted by Crippen LogP contribution is 2.27. The minimum absolute atomic E-state index is 0.0305. The van der Waals surface area contributed by atoms with Crippen LogP contribution in [0.5, 0.6) is 5.88 Å². The van der Waals surface area contributed by atoms with E-state index in [1.165, 1.54) is 13.3 Å². The average Bonchev–Trinajstić information content (AvgIpc) is 2.66. The van der Waals surface area contributed by atoms with Crippen molar-refractivity contribution < 1.29 is 24.8 Å². The molecule has 0 bridgehead atoms. The third-order valence-electron chi connectivity index (χ3n) is 2.66. The number of rotatable bonds is 3. The number of methoxy groups -OCH3 is 1. The van der Waals surface area contributed by atoms with Gasteiger partial charge in [0.1, 0.15) is 24.5 Å². The van der Waals surface area contributed by atoms with Gasteiger partial charge < -0.3 is 24.8 Å². The largest absolute Gasteiger partial charge is 0.480 e. The Labute approximate surface area is 101 Å². The Morgan fingerprint density at radius 2 is 2.22 bits per heavy atom. The van der Waals surface area contributed by atoms with Crippen molar-refractivity contribution in [2.24, 2.45) is 0 Å². The third-order valence-corrected chi connectivity index (χ3v) is 2.66. The van der Waals surface area contributed by atoms with Crippen LogP contribution in [0.1, 0.15) is 6.23 Å². The molecule has 1 aliphatic rings. The molecular formula is C9H13N3O6. The van der Waals surface area contributed by atoms with Gasteiger partial charge in [0.05, 0.1) is 13.7 Å². The van der Waals surface area contributed by atoms with Crippen molar-refractivity contribution in [3.8, 4) is 5.88 Å². The van der Waals surface area contributed by atoms with E-state index in [4.69, 9.17) is 14.6 Å². The summed E-state index contributed by atoms with van der Waals surface area (Å²) in [6.07, 6.45) is -3.65. The molecule has 0 aliphatic carbocycles. The number of hydrogen-bond donors (Lipinski definition) is 3. The molecule has 1 fully saturated rings. The van der Waals surface area contributed by atoms with Crippen molar-refractivity contribution in [2.75, 3.05) is 13.7 Å². The topological polar surface area (TPSA) is 127 Å². The summed E-state index contributed by atoms with van der Waals surface area (Å²) in [5, 5.41) is 31.9. The SMILES string of the molecule is COc1cnn([C@@H]2O[C@H](CO)[C@H](O)C2O)c(=O)n1. The van der Waals surface area contributed by atoms with Gasteiger partial charge in [-0.2, -0.15) is 14.8 Å². The van der Waals surface area contributed by atoms with Crippen molar-refractivity contribution in [3.05, 3.63) is 16.7 Å². The molecule has 9 heteroatoms. The summed E-state index contributed by atoms with van der Waals surface area (Å²) in [5.74, 6) is 0.0305. The van der Waals surface area contributed by atoms with Crippen molar-refractivity contribution >= 4 is 0 Å². The van der Waals surface area contributed by atoms with Crippen molar-refractivity contribution in [1.29, 1.82) is 0 Å². The van der Waals surface area contributed by atoms with Crippen LogP contribution in [0.3, 0.4) is 0 Å². The van der Waals surface area contributed by atoms with Gasteiger partial charge in [-0.1, -0.05) is 0 Å². The first-order valence-corrected chi connectivity index (χ1v) is 5.20. The lowest BCUT2D eigenvalue weighted by Crippen LogP contribution is -2.37. The Morgan fingerprint density at radius 3 is 2.72 bits per heavy atom. The molecule has 1 aliphatic heterocycles. The highest BCUT2D eigenvalue weighted by molar-refractivity contribution is 4.99. The lowest BCUT2D eigenvalue weighted by molar-refractivity contribution is -0.0619. The van der Waals surface area contributed by atoms with Crippen molar-refractivity contribution in [3.63, 3.8) is 0 Å². The molecule has 0 spiro atoms. The molecule has 1 aromatic heterocycles. The second kappa shape index (κ2) is 4.98. The van der Waals surface area contributed by atoms with Crippen LogP contribution in [-0.2, 0) is 4.74 Å². The van der Waals surface area contributed by atoms with Crippen LogP contribution in [-0.4, -0.2) is 62.1 Å². The fraction of sp³-hybridized carbons (Fsp3) is 0.667. The molecule has 2 rings (SSSR count). The van der Waals surface area contributed by atoms with Crippen molar-refractivity contribution in [2.45, 2.75) is 24.5 Å². The molecule has 0 radical (unpaired) electrons. The van der Waals surface area contributed by atoms with E-state index in [0.717, 1.165) is 4.68 Å². The van der Waals surface area contributed by atoms with Gasteiger partial charge >= 0.3 is 5.69 Å². The summed E-state index contributed by atoms with van der Waals surface area (Å²) in [6.45, 7) is -0.479. The molecule has 18 heavy (non-hydrogen) atoms. The predicted octanol–water partition coefficient (Wildman–Crippen LogP) is -2.74. The van der Waals surface area contributed by atoms with Gasteiger partial charge in [0.25, 0.3) is 0 Å². The molecule has 2 heterocycles. The summed E-state index contributed by atoms with van der Waals surface area (Å²) in [5.41, 5.74) is -0.788. The second-order valence-electron chi connectivity index (χ2n) is 3.75. The number of hydrogen-bond acceptors (Lipinski definition) is 8. The normalized spacial score (nSPS) is 31.6. The summed E-state index contributed by atoms with van der Waals surface area (Å²) in [6, 6.07) is 0. The first-order chi connectivity index (χ1) is 8.58. The maximum absolute atomic E-state index is 11.6. The number of nitrogens with zero attached hydrogens (tertiary/aromatic N) is 3. The molecule has 100 valence electrons. The maximum Gasteiger partial charge on any atom is 0.369 e. The van der Waals surface area contributed by atoms with Crippen LogP contribution >= 0.6 is 0 Å². The number of aliphatic hydroxyl groups is 3. The van der Waals surface area contributed by atoms with Crippen LogP contribution in [0.4, 0.5) is 0 Å². The molecule has 1 aromatic rings. The van der Waals surface area contributed by atoms with E-state index < -0.39 is 36.8 Å². The van der Waals surface area contributed by atoms with E-state index in [0.29, 0.717) is 0 Å². The van der Waals surface area contributed by atoms with Gasteiger partial charge in [-0.05, 0) is 0 Å². The van der Waals surface area contributed by atoms with E-state index in [2.05, 4.69) is 10.1 Å². The van der Waals surface area contributed by atoms with Gasteiger partial charge in [-0.3, -0.25) is 0 Å². The zero-order valence-corrected chi connectivity index (χ0v) is 9.50. The van der Waals surface area contributed by atoms with Crippen LogP contribution in [0.25, 0.3) is 0 Å². The van der Waals surface area contributed by atoms with Crippen LogP contribution in [0.2, 0.25) is 0 Å². The van der Waals surface area contributed by atoms with Gasteiger partial charge in [-0.25, -0.2) is 4.79 Å². The summed E-state index contributed by atoms with van der Waals surface area (Å²) >= 11 is 0. The predicted molar refractivity (Wildman–Crippen MR) is 55.9 cm³/mol. The van der Waals surface area contributed by atoms with Crippen molar-refractivity contribution in [1.82, 2.24) is 14.8 Å². The molecule has 0 aromatic carbocycles. The molecule has 1 unspecified atom stereocenters. The Kier molecular flexibility index (Phi) is 3.57. The van der Waals surface area contributed by atoms with Gasteiger partial charge in [-0.15, -0.1) is 0 Å². The highest BCUT2D eigenvalue weighted by atomic mass is 16.6. The van der Waals surface area contributed by atoms with Crippen LogP contribution in [0, 0.1) is 0 Å². The van der Waals surface area contributed by atoms with Gasteiger partial charge in [0.15, 0.2) is 6.23 Å². The Balaban J connectivity index is 2.30. The summed E-state index contributed by atoms with van der Waals surface area (Å²) in [4.78, 5) is 15.1. The Bertz CT molecular complexity index is 478. The number of aromatic nitrogens is 3. The minimum Gasteiger partial charge on any atom is -0.480 e. The van der Waals surface area contributed by atoms with Crippen LogP contribution in [0.15, 0.2) is 11.0 Å². The molecule has 1 saturated heterocycles. The van der Waals surface area contributed by atoms with E-state index in [-0.39, 0.29) is 5.88 Å². The summed E-state index contributed by atoms with van der Waals surface area (Å²) < 4.78 is 10.7. The smallest absolute Gasteiger partial charge is 0.369 e. The maximum atomic E-state index is 11.6. The Hall–Kier alpha value is -1.55. The fourth-order valence-electron chi connectivity index (χ4n) is 1.69. The van der Waals surface area contributed by atoms with Gasteiger partial charge in [0, 0.05) is 0 Å². The van der Waals surface area contributed by atoms with E-state index in [1.807, 2.05) is 0 Å². The van der Waals surface area contributed by atoms with Gasteiger partial charge in [0.2, 0.25) is 5.88 Å². The van der Waals surface area contributed by atoms with E-state index >= 15 is 0 Å². The minimum atomic E-state index is -1.37.